The third-order valence-corrected chi connectivity index (χ3v) is 5.90. The van der Waals surface area contributed by atoms with Gasteiger partial charge in [0, 0.05) is 12.8 Å². The average molecular weight is 503 g/mol. The molecule has 0 aromatic heterocycles. The number of carbonyl (C=O) groups is 2. The second-order valence-electron chi connectivity index (χ2n) is 9.26. The largest absolute Gasteiger partial charge is 0.394 e. The number of unbranched alkanes of at least 4 members (excludes halogenated alkanes) is 11. The van der Waals surface area contributed by atoms with Crippen LogP contribution in [0.4, 0.5) is 0 Å². The maximum Gasteiger partial charge on any atom is 0.186 e. The predicted octanol–water partition coefficient (Wildman–Crippen LogP) is 6.49. The number of Topliss-reactive ketones (excluding diaryl/α,β-unsaturated/α-hetero) is 1. The molecule has 0 heterocycles. The van der Waals surface area contributed by atoms with Crippen LogP contribution in [-0.4, -0.2) is 45.7 Å². The molecule has 0 aromatic rings. The summed E-state index contributed by atoms with van der Waals surface area (Å²) >= 11 is 0. The molecule has 0 aromatic carbocycles. The van der Waals surface area contributed by atoms with E-state index < -0.39 is 24.6 Å². The quantitative estimate of drug-likeness (QED) is 0.0796. The molecule has 0 fully saturated rings. The second kappa shape index (κ2) is 26.0. The van der Waals surface area contributed by atoms with E-state index >= 15 is 0 Å². The number of ketones is 2. The predicted molar refractivity (Wildman–Crippen MR) is 150 cm³/mol. The summed E-state index contributed by atoms with van der Waals surface area (Å²) in [5.41, 5.74) is 0. The molecular formula is C31H50O5. The fourth-order valence-corrected chi connectivity index (χ4v) is 3.62. The van der Waals surface area contributed by atoms with Gasteiger partial charge in [-0.2, -0.15) is 0 Å². The number of aliphatic hydroxyl groups excluding tert-OH is 3. The van der Waals surface area contributed by atoms with E-state index in [1.54, 1.807) is 12.2 Å². The van der Waals surface area contributed by atoms with Crippen molar-refractivity contribution < 1.29 is 24.9 Å². The lowest BCUT2D eigenvalue weighted by Crippen LogP contribution is -2.35. The zero-order valence-electron chi connectivity index (χ0n) is 22.4. The van der Waals surface area contributed by atoms with Gasteiger partial charge in [0.2, 0.25) is 0 Å². The van der Waals surface area contributed by atoms with E-state index in [-0.39, 0.29) is 0 Å². The molecule has 2 unspecified atom stereocenters. The van der Waals surface area contributed by atoms with E-state index in [4.69, 9.17) is 5.11 Å². The Kier molecular flexibility index (Phi) is 24.5. The number of carbonyl (C=O) groups excluding carboxylic acids is 2. The maximum absolute atomic E-state index is 11.9. The summed E-state index contributed by atoms with van der Waals surface area (Å²) in [5.74, 6) is -0.193. The average Bonchev–Trinajstić information content (AvgIpc) is 2.88. The first-order valence-corrected chi connectivity index (χ1v) is 13.9. The molecule has 0 bridgehead atoms. The van der Waals surface area contributed by atoms with E-state index in [9.17, 15) is 19.8 Å². The molecule has 0 aliphatic carbocycles. The standard InChI is InChI=1S/C31H50O5/c1-2-3-4-18-21-24-28(33)25-22-19-16-14-12-10-8-6-5-7-9-11-13-15-17-20-23-26-29(34)31(36)30(35)27-32/h5,7,9,11,13,15,17,20,23,26,30-32,35-36H,2-4,6,8,10,12,14,16,18-19,21-22,24-25,27H2,1H3. The van der Waals surface area contributed by atoms with E-state index in [1.165, 1.54) is 70.3 Å². The van der Waals surface area contributed by atoms with Gasteiger partial charge in [0.05, 0.1) is 6.61 Å². The second-order valence-corrected chi connectivity index (χ2v) is 9.26. The number of aliphatic hydroxyl groups is 3. The van der Waals surface area contributed by atoms with Crippen molar-refractivity contribution >= 4 is 11.6 Å². The molecule has 204 valence electrons. The van der Waals surface area contributed by atoms with Crippen molar-refractivity contribution in [3.8, 4) is 0 Å². The van der Waals surface area contributed by atoms with Gasteiger partial charge in [-0.05, 0) is 31.8 Å². The molecular weight excluding hydrogens is 452 g/mol. The van der Waals surface area contributed by atoms with Crippen LogP contribution in [-0.2, 0) is 9.59 Å². The summed E-state index contributed by atoms with van der Waals surface area (Å²) in [4.78, 5) is 23.4. The Morgan fingerprint density at radius 1 is 0.639 bits per heavy atom. The van der Waals surface area contributed by atoms with Crippen LogP contribution in [0.1, 0.15) is 103 Å². The fraction of sp³-hybridized carbons (Fsp3) is 0.613. The molecule has 0 spiro atoms. The first-order valence-electron chi connectivity index (χ1n) is 13.9. The third-order valence-electron chi connectivity index (χ3n) is 5.90. The van der Waals surface area contributed by atoms with E-state index in [0.717, 1.165) is 38.2 Å². The number of rotatable bonds is 24. The zero-order valence-corrected chi connectivity index (χ0v) is 22.4. The molecule has 36 heavy (non-hydrogen) atoms. The molecule has 0 amide bonds. The highest BCUT2D eigenvalue weighted by atomic mass is 16.4. The summed E-state index contributed by atoms with van der Waals surface area (Å²) < 4.78 is 0. The van der Waals surface area contributed by atoms with Crippen molar-refractivity contribution in [2.45, 2.75) is 115 Å². The van der Waals surface area contributed by atoms with Crippen molar-refractivity contribution in [2.24, 2.45) is 0 Å². The number of hydrogen-bond donors (Lipinski definition) is 3. The first kappa shape index (κ1) is 33.9. The van der Waals surface area contributed by atoms with Crippen LogP contribution in [0.15, 0.2) is 60.8 Å². The van der Waals surface area contributed by atoms with Crippen molar-refractivity contribution in [1.29, 1.82) is 0 Å². The van der Waals surface area contributed by atoms with Gasteiger partial charge in [-0.15, -0.1) is 0 Å². The first-order chi connectivity index (χ1) is 17.5. The van der Waals surface area contributed by atoms with Crippen LogP contribution in [0.2, 0.25) is 0 Å². The molecule has 0 saturated heterocycles. The van der Waals surface area contributed by atoms with Crippen molar-refractivity contribution in [3.05, 3.63) is 60.8 Å². The van der Waals surface area contributed by atoms with E-state index in [0.29, 0.717) is 5.78 Å². The lowest BCUT2D eigenvalue weighted by atomic mass is 10.0. The Morgan fingerprint density at radius 3 is 1.67 bits per heavy atom. The Labute approximate surface area is 219 Å². The highest BCUT2D eigenvalue weighted by Crippen LogP contribution is 2.12. The molecule has 5 nitrogen and oxygen atoms in total. The third kappa shape index (κ3) is 22.4. The summed E-state index contributed by atoms with van der Waals surface area (Å²) in [6, 6.07) is 0. The van der Waals surface area contributed by atoms with Crippen LogP contribution < -0.4 is 0 Å². The highest BCUT2D eigenvalue weighted by molar-refractivity contribution is 5.94. The number of allylic oxidation sites excluding steroid dienone is 9. The number of hydrogen-bond acceptors (Lipinski definition) is 5. The Morgan fingerprint density at radius 2 is 1.11 bits per heavy atom. The van der Waals surface area contributed by atoms with Crippen LogP contribution >= 0.6 is 0 Å². The molecule has 0 rings (SSSR count). The molecule has 0 aliphatic heterocycles. The van der Waals surface area contributed by atoms with Gasteiger partial charge in [-0.25, -0.2) is 0 Å². The molecule has 0 saturated carbocycles. The van der Waals surface area contributed by atoms with Crippen LogP contribution in [0.5, 0.6) is 0 Å². The summed E-state index contributed by atoms with van der Waals surface area (Å²) in [5, 5.41) is 27.3. The van der Waals surface area contributed by atoms with Crippen LogP contribution in [0.3, 0.4) is 0 Å². The van der Waals surface area contributed by atoms with Crippen LogP contribution in [0.25, 0.3) is 0 Å². The Hall–Kier alpha value is -2.08. The van der Waals surface area contributed by atoms with Gasteiger partial charge in [0.1, 0.15) is 18.0 Å². The van der Waals surface area contributed by atoms with Crippen molar-refractivity contribution in [1.82, 2.24) is 0 Å². The smallest absolute Gasteiger partial charge is 0.186 e. The normalized spacial score (nSPS) is 14.2. The Bertz CT molecular complexity index is 687. The van der Waals surface area contributed by atoms with Gasteiger partial charge in [-0.3, -0.25) is 9.59 Å². The summed E-state index contributed by atoms with van der Waals surface area (Å²) in [6.07, 6.45) is 32.0. The minimum atomic E-state index is -1.60. The molecule has 3 N–H and O–H groups in total. The Balaban J connectivity index is 3.60. The molecule has 0 aliphatic rings. The maximum atomic E-state index is 11.9. The van der Waals surface area contributed by atoms with Gasteiger partial charge in [0.25, 0.3) is 0 Å². The minimum Gasteiger partial charge on any atom is -0.394 e. The summed E-state index contributed by atoms with van der Waals surface area (Å²) in [6.45, 7) is 1.55. The van der Waals surface area contributed by atoms with E-state index in [2.05, 4.69) is 13.0 Å². The van der Waals surface area contributed by atoms with Crippen LogP contribution in [0, 0.1) is 0 Å². The fourth-order valence-electron chi connectivity index (χ4n) is 3.62. The van der Waals surface area contributed by atoms with Crippen molar-refractivity contribution in [2.75, 3.05) is 6.61 Å². The summed E-state index contributed by atoms with van der Waals surface area (Å²) in [7, 11) is 0. The lowest BCUT2D eigenvalue weighted by Gasteiger charge is -2.11. The zero-order chi connectivity index (χ0) is 26.7. The topological polar surface area (TPSA) is 94.8 Å². The molecule has 2 atom stereocenters. The van der Waals surface area contributed by atoms with E-state index in [1.807, 2.05) is 30.4 Å². The molecule has 0 radical (unpaired) electrons. The highest BCUT2D eigenvalue weighted by Gasteiger charge is 2.20. The minimum absolute atomic E-state index is 0.458. The van der Waals surface area contributed by atoms with Gasteiger partial charge >= 0.3 is 0 Å². The molecule has 5 heteroatoms. The lowest BCUT2D eigenvalue weighted by molar-refractivity contribution is -0.129. The van der Waals surface area contributed by atoms with Gasteiger partial charge < -0.3 is 15.3 Å². The SMILES string of the molecule is CCCCCCCC(=O)CCCCCCCCCC=CC=CC=CC=CC=CC(=O)C(O)C(O)CO. The monoisotopic (exact) mass is 502 g/mol. The van der Waals surface area contributed by atoms with Gasteiger partial charge in [-0.1, -0.05) is 119 Å². The van der Waals surface area contributed by atoms with Gasteiger partial charge in [0.15, 0.2) is 5.78 Å². The van der Waals surface area contributed by atoms with Crippen molar-refractivity contribution in [3.63, 3.8) is 0 Å².